The summed E-state index contributed by atoms with van der Waals surface area (Å²) in [6, 6.07) is 11.8. The first-order valence-corrected chi connectivity index (χ1v) is 9.98. The van der Waals surface area contributed by atoms with Gasteiger partial charge >= 0.3 is 6.09 Å². The zero-order chi connectivity index (χ0) is 20.3. The van der Waals surface area contributed by atoms with E-state index in [0.717, 1.165) is 35.2 Å². The maximum atomic E-state index is 12.5. The average Bonchev–Trinajstić information content (AvgIpc) is 3.28. The predicted octanol–water partition coefficient (Wildman–Crippen LogP) is 3.27. The third-order valence-electron chi connectivity index (χ3n) is 5.72. The SMILES string of the molecule is CC(C)(C)OC(=O)N1CC2C[C@H]1CN2c1ccc2[nH]c(=O)c3ccccc3c2n1. The maximum Gasteiger partial charge on any atom is 0.410 e. The highest BCUT2D eigenvalue weighted by Gasteiger charge is 2.47. The number of anilines is 1. The number of likely N-dealkylation sites (tertiary alicyclic amines) is 1. The molecular weight excluding hydrogens is 368 g/mol. The lowest BCUT2D eigenvalue weighted by atomic mass is 10.1. The first-order valence-electron chi connectivity index (χ1n) is 9.98. The van der Waals surface area contributed by atoms with Crippen LogP contribution in [0.4, 0.5) is 10.6 Å². The summed E-state index contributed by atoms with van der Waals surface area (Å²) in [6.07, 6.45) is 0.686. The van der Waals surface area contributed by atoms with Gasteiger partial charge in [0.05, 0.1) is 23.1 Å². The van der Waals surface area contributed by atoms with Crippen LogP contribution in [-0.2, 0) is 4.74 Å². The number of hydrogen-bond acceptors (Lipinski definition) is 5. The molecule has 0 spiro atoms. The summed E-state index contributed by atoms with van der Waals surface area (Å²) in [5.74, 6) is 0.881. The van der Waals surface area contributed by atoms with Gasteiger partial charge in [-0.3, -0.25) is 4.79 Å². The summed E-state index contributed by atoms with van der Waals surface area (Å²) < 4.78 is 5.55. The standard InChI is InChI=1S/C22H24N4O3/c1-22(2,3)29-21(28)26-12-13-10-14(26)11-25(13)18-9-8-17-19(24-18)15-6-4-5-7-16(15)20(27)23-17/h4-9,13-14H,10-12H2,1-3H3,(H,23,27)/t13?,14-/m0/s1. The van der Waals surface area contributed by atoms with E-state index in [1.54, 1.807) is 0 Å². The number of carbonyl (C=O) groups is 1. The van der Waals surface area contributed by atoms with Crippen molar-refractivity contribution >= 4 is 33.7 Å². The first kappa shape index (κ1) is 18.0. The van der Waals surface area contributed by atoms with Crippen LogP contribution in [0.5, 0.6) is 0 Å². The summed E-state index contributed by atoms with van der Waals surface area (Å²) in [4.78, 5) is 36.7. The fourth-order valence-electron chi connectivity index (χ4n) is 4.48. The second-order valence-corrected chi connectivity index (χ2v) is 8.89. The predicted molar refractivity (Wildman–Crippen MR) is 112 cm³/mol. The van der Waals surface area contributed by atoms with E-state index in [9.17, 15) is 9.59 Å². The Morgan fingerprint density at radius 3 is 2.55 bits per heavy atom. The third kappa shape index (κ3) is 3.01. The Morgan fingerprint density at radius 1 is 1.10 bits per heavy atom. The number of amides is 1. The van der Waals surface area contributed by atoms with Crippen LogP contribution >= 0.6 is 0 Å². The van der Waals surface area contributed by atoms with Crippen LogP contribution in [0.15, 0.2) is 41.2 Å². The summed E-state index contributed by atoms with van der Waals surface area (Å²) in [5, 5.41) is 1.50. The van der Waals surface area contributed by atoms with Gasteiger partial charge < -0.3 is 19.5 Å². The van der Waals surface area contributed by atoms with Gasteiger partial charge in [-0.2, -0.15) is 0 Å². The van der Waals surface area contributed by atoms with Crippen molar-refractivity contribution in [2.45, 2.75) is 44.9 Å². The number of nitrogens with zero attached hydrogens (tertiary/aromatic N) is 3. The molecule has 2 aromatic heterocycles. The average molecular weight is 392 g/mol. The lowest BCUT2D eigenvalue weighted by Crippen LogP contribution is -2.50. The Kier molecular flexibility index (Phi) is 3.84. The Balaban J connectivity index is 1.45. The van der Waals surface area contributed by atoms with Crippen molar-refractivity contribution in [2.75, 3.05) is 18.0 Å². The molecule has 2 aliphatic heterocycles. The Hall–Kier alpha value is -3.09. The molecule has 2 atom stereocenters. The minimum atomic E-state index is -0.490. The Labute approximate surface area is 168 Å². The van der Waals surface area contributed by atoms with Crippen molar-refractivity contribution in [2.24, 2.45) is 0 Å². The first-order chi connectivity index (χ1) is 13.8. The van der Waals surface area contributed by atoms with Crippen LogP contribution in [0.1, 0.15) is 27.2 Å². The molecule has 5 rings (SSSR count). The molecular formula is C22H24N4O3. The monoisotopic (exact) mass is 392 g/mol. The molecule has 1 amide bonds. The Bertz CT molecular complexity index is 1180. The third-order valence-corrected chi connectivity index (χ3v) is 5.72. The lowest BCUT2D eigenvalue weighted by molar-refractivity contribution is 0.0214. The van der Waals surface area contributed by atoms with Crippen molar-refractivity contribution in [3.05, 3.63) is 46.8 Å². The summed E-state index contributed by atoms with van der Waals surface area (Å²) in [5.41, 5.74) is 0.939. The van der Waals surface area contributed by atoms with Gasteiger partial charge in [-0.15, -0.1) is 0 Å². The molecule has 0 radical (unpaired) electrons. The molecule has 150 valence electrons. The number of hydrogen-bond donors (Lipinski definition) is 1. The molecule has 29 heavy (non-hydrogen) atoms. The minimum Gasteiger partial charge on any atom is -0.444 e. The van der Waals surface area contributed by atoms with E-state index in [1.807, 2.05) is 62.1 Å². The molecule has 3 aromatic rings. The molecule has 1 unspecified atom stereocenters. The molecule has 7 heteroatoms. The molecule has 7 nitrogen and oxygen atoms in total. The van der Waals surface area contributed by atoms with Crippen molar-refractivity contribution in [3.8, 4) is 0 Å². The smallest absolute Gasteiger partial charge is 0.410 e. The van der Waals surface area contributed by atoms with Crippen LogP contribution in [0.25, 0.3) is 21.8 Å². The summed E-state index contributed by atoms with van der Waals surface area (Å²) in [7, 11) is 0. The number of H-pyrrole nitrogens is 1. The van der Waals surface area contributed by atoms with E-state index < -0.39 is 5.60 Å². The highest BCUT2D eigenvalue weighted by Crippen LogP contribution is 2.35. The number of benzene rings is 1. The topological polar surface area (TPSA) is 78.5 Å². The normalized spacial score (nSPS) is 21.3. The fourth-order valence-corrected chi connectivity index (χ4v) is 4.48. The van der Waals surface area contributed by atoms with Crippen LogP contribution < -0.4 is 10.5 Å². The van der Waals surface area contributed by atoms with E-state index in [-0.39, 0.29) is 23.7 Å². The molecule has 2 bridgehead atoms. The van der Waals surface area contributed by atoms with Gasteiger partial charge in [-0.25, -0.2) is 9.78 Å². The van der Waals surface area contributed by atoms with Gasteiger partial charge in [0.25, 0.3) is 5.56 Å². The molecule has 2 aliphatic rings. The second-order valence-electron chi connectivity index (χ2n) is 8.89. The largest absolute Gasteiger partial charge is 0.444 e. The lowest BCUT2D eigenvalue weighted by Gasteiger charge is -2.35. The number of nitrogens with one attached hydrogen (secondary N) is 1. The van der Waals surface area contributed by atoms with E-state index in [2.05, 4.69) is 9.88 Å². The highest BCUT2D eigenvalue weighted by molar-refractivity contribution is 6.03. The molecule has 1 N–H and O–H groups in total. The van der Waals surface area contributed by atoms with Gasteiger partial charge in [0.2, 0.25) is 0 Å². The van der Waals surface area contributed by atoms with Crippen molar-refractivity contribution in [3.63, 3.8) is 0 Å². The number of ether oxygens (including phenoxy) is 1. The number of carbonyl (C=O) groups excluding carboxylic acids is 1. The Morgan fingerprint density at radius 2 is 1.86 bits per heavy atom. The number of fused-ring (bicyclic) bond motifs is 5. The number of pyridine rings is 2. The van der Waals surface area contributed by atoms with E-state index in [0.29, 0.717) is 11.9 Å². The maximum absolute atomic E-state index is 12.5. The van der Waals surface area contributed by atoms with E-state index in [4.69, 9.17) is 9.72 Å². The fraction of sp³-hybridized carbons (Fsp3) is 0.409. The highest BCUT2D eigenvalue weighted by atomic mass is 16.6. The second kappa shape index (κ2) is 6.20. The summed E-state index contributed by atoms with van der Waals surface area (Å²) in [6.45, 7) is 7.05. The van der Waals surface area contributed by atoms with Crippen molar-refractivity contribution < 1.29 is 9.53 Å². The van der Waals surface area contributed by atoms with Crippen LogP contribution in [0, 0.1) is 0 Å². The van der Waals surface area contributed by atoms with Crippen molar-refractivity contribution in [1.29, 1.82) is 0 Å². The van der Waals surface area contributed by atoms with Crippen LogP contribution in [-0.4, -0.2) is 51.7 Å². The molecule has 2 fully saturated rings. The molecule has 4 heterocycles. The van der Waals surface area contributed by atoms with Crippen molar-refractivity contribution in [1.82, 2.24) is 14.9 Å². The zero-order valence-electron chi connectivity index (χ0n) is 16.8. The molecule has 1 aromatic carbocycles. The van der Waals surface area contributed by atoms with Gasteiger partial charge in [0.15, 0.2) is 0 Å². The number of rotatable bonds is 1. The van der Waals surface area contributed by atoms with Crippen LogP contribution in [0.3, 0.4) is 0 Å². The quantitative estimate of drug-likeness (QED) is 0.643. The van der Waals surface area contributed by atoms with E-state index in [1.165, 1.54) is 0 Å². The zero-order valence-corrected chi connectivity index (χ0v) is 16.8. The van der Waals surface area contributed by atoms with Gasteiger partial charge in [0, 0.05) is 23.9 Å². The molecule has 2 saturated heterocycles. The molecule has 0 saturated carbocycles. The van der Waals surface area contributed by atoms with Crippen LogP contribution in [0.2, 0.25) is 0 Å². The number of aromatic nitrogens is 2. The number of piperazine rings is 1. The van der Waals surface area contributed by atoms with E-state index >= 15 is 0 Å². The van der Waals surface area contributed by atoms with Gasteiger partial charge in [-0.1, -0.05) is 18.2 Å². The van der Waals surface area contributed by atoms with Gasteiger partial charge in [0.1, 0.15) is 11.4 Å². The minimum absolute atomic E-state index is 0.101. The summed E-state index contributed by atoms with van der Waals surface area (Å²) >= 11 is 0. The van der Waals surface area contributed by atoms with Gasteiger partial charge in [-0.05, 0) is 45.4 Å². The molecule has 0 aliphatic carbocycles. The number of aromatic amines is 1.